The first-order chi connectivity index (χ1) is 9.95. The molecular weight excluding hydrogens is 334 g/mol. The highest BCUT2D eigenvalue weighted by Crippen LogP contribution is 2.27. The summed E-state index contributed by atoms with van der Waals surface area (Å²) in [5.74, 6) is -2.07. The monoisotopic (exact) mass is 354 g/mol. The Labute approximate surface area is 135 Å². The summed E-state index contributed by atoms with van der Waals surface area (Å²) in [6.07, 6.45) is 4.94. The molecule has 3 N–H and O–H groups in total. The van der Waals surface area contributed by atoms with Crippen molar-refractivity contribution in [3.8, 4) is 0 Å². The van der Waals surface area contributed by atoms with Crippen LogP contribution in [0.2, 0.25) is 0 Å². The van der Waals surface area contributed by atoms with Crippen LogP contribution in [0.15, 0.2) is 23.1 Å². The maximum absolute atomic E-state index is 13.7. The van der Waals surface area contributed by atoms with Gasteiger partial charge in [-0.05, 0) is 30.9 Å². The summed E-state index contributed by atoms with van der Waals surface area (Å²) in [5.41, 5.74) is 5.65. The molecular formula is C14H21ClF2N2O2S. The standard InChI is InChI=1S/C14H20F2N2O2S.ClH/c15-11-7-4-8-12(16)14(11)21(19,20)18-13(9-17)10-5-2-1-3-6-10;/h4,7-8,10,13,18H,1-3,5-6,9,17H2;1H. The number of hydrogen-bond acceptors (Lipinski definition) is 3. The zero-order valence-corrected chi connectivity index (χ0v) is 13.7. The Morgan fingerprint density at radius 1 is 1.18 bits per heavy atom. The zero-order chi connectivity index (χ0) is 15.5. The molecule has 2 rings (SSSR count). The van der Waals surface area contributed by atoms with Gasteiger partial charge < -0.3 is 5.73 Å². The molecule has 22 heavy (non-hydrogen) atoms. The van der Waals surface area contributed by atoms with Crippen LogP contribution in [0, 0.1) is 17.6 Å². The molecule has 4 nitrogen and oxygen atoms in total. The van der Waals surface area contributed by atoms with E-state index in [1.807, 2.05) is 0 Å². The maximum Gasteiger partial charge on any atom is 0.246 e. The minimum absolute atomic E-state index is 0. The number of nitrogens with one attached hydrogen (secondary N) is 1. The average molecular weight is 355 g/mol. The van der Waals surface area contributed by atoms with E-state index in [2.05, 4.69) is 4.72 Å². The van der Waals surface area contributed by atoms with Crippen LogP contribution in [0.3, 0.4) is 0 Å². The summed E-state index contributed by atoms with van der Waals surface area (Å²) in [7, 11) is -4.26. The highest BCUT2D eigenvalue weighted by Gasteiger charge is 2.30. The number of halogens is 3. The topological polar surface area (TPSA) is 72.2 Å². The number of rotatable bonds is 5. The minimum atomic E-state index is -4.26. The summed E-state index contributed by atoms with van der Waals surface area (Å²) < 4.78 is 54.2. The van der Waals surface area contributed by atoms with Gasteiger partial charge in [0.15, 0.2) is 4.90 Å². The molecule has 0 aromatic heterocycles. The van der Waals surface area contributed by atoms with Gasteiger partial charge in [0.1, 0.15) is 11.6 Å². The van der Waals surface area contributed by atoms with Gasteiger partial charge in [-0.3, -0.25) is 0 Å². The Balaban J connectivity index is 0.00000242. The molecule has 8 heteroatoms. The van der Waals surface area contributed by atoms with Crippen molar-refractivity contribution >= 4 is 22.4 Å². The molecule has 1 aliphatic carbocycles. The van der Waals surface area contributed by atoms with Gasteiger partial charge in [0.2, 0.25) is 10.0 Å². The van der Waals surface area contributed by atoms with Crippen LogP contribution in [0.4, 0.5) is 8.78 Å². The molecule has 1 atom stereocenters. The molecule has 1 aliphatic rings. The Kier molecular flexibility index (Phi) is 7.18. The van der Waals surface area contributed by atoms with Crippen molar-refractivity contribution in [3.05, 3.63) is 29.8 Å². The van der Waals surface area contributed by atoms with Crippen LogP contribution in [-0.4, -0.2) is 21.0 Å². The van der Waals surface area contributed by atoms with Crippen LogP contribution in [0.5, 0.6) is 0 Å². The molecule has 1 fully saturated rings. The second-order valence-corrected chi connectivity index (χ2v) is 7.06. The summed E-state index contributed by atoms with van der Waals surface area (Å²) in [4.78, 5) is -0.931. The van der Waals surface area contributed by atoms with Crippen LogP contribution < -0.4 is 10.5 Å². The summed E-state index contributed by atoms with van der Waals surface area (Å²) in [6.45, 7) is 0.111. The Morgan fingerprint density at radius 2 is 1.73 bits per heavy atom. The molecule has 0 spiro atoms. The second-order valence-electron chi connectivity index (χ2n) is 5.41. The molecule has 1 saturated carbocycles. The van der Waals surface area contributed by atoms with E-state index in [1.165, 1.54) is 0 Å². The second kappa shape index (κ2) is 8.19. The Bertz CT molecular complexity index is 572. The van der Waals surface area contributed by atoms with Crippen molar-refractivity contribution in [1.82, 2.24) is 4.72 Å². The fourth-order valence-electron chi connectivity index (χ4n) is 2.87. The number of nitrogens with two attached hydrogens (primary N) is 1. The molecule has 0 amide bonds. The van der Waals surface area contributed by atoms with E-state index < -0.39 is 32.6 Å². The van der Waals surface area contributed by atoms with Crippen LogP contribution >= 0.6 is 12.4 Å². The highest BCUT2D eigenvalue weighted by atomic mass is 35.5. The fraction of sp³-hybridized carbons (Fsp3) is 0.571. The maximum atomic E-state index is 13.7. The molecule has 1 aromatic carbocycles. The molecule has 0 bridgehead atoms. The first-order valence-electron chi connectivity index (χ1n) is 7.12. The number of hydrogen-bond donors (Lipinski definition) is 2. The van der Waals surface area contributed by atoms with Gasteiger partial charge in [0.05, 0.1) is 0 Å². The molecule has 0 heterocycles. The van der Waals surface area contributed by atoms with Gasteiger partial charge in [0.25, 0.3) is 0 Å². The van der Waals surface area contributed by atoms with Gasteiger partial charge >= 0.3 is 0 Å². The van der Waals surface area contributed by atoms with Crippen molar-refractivity contribution in [2.75, 3.05) is 6.54 Å². The normalized spacial score (nSPS) is 17.8. The van der Waals surface area contributed by atoms with Crippen molar-refractivity contribution in [2.45, 2.75) is 43.0 Å². The van der Waals surface area contributed by atoms with E-state index in [-0.39, 0.29) is 24.9 Å². The third-order valence-electron chi connectivity index (χ3n) is 3.97. The summed E-state index contributed by atoms with van der Waals surface area (Å²) in [5, 5.41) is 0. The molecule has 0 saturated heterocycles. The van der Waals surface area contributed by atoms with Gasteiger partial charge in [0, 0.05) is 12.6 Å². The lowest BCUT2D eigenvalue weighted by molar-refractivity contribution is 0.293. The van der Waals surface area contributed by atoms with Crippen molar-refractivity contribution in [2.24, 2.45) is 11.7 Å². The largest absolute Gasteiger partial charge is 0.329 e. The molecule has 126 valence electrons. The zero-order valence-electron chi connectivity index (χ0n) is 12.1. The van der Waals surface area contributed by atoms with Crippen molar-refractivity contribution in [1.29, 1.82) is 0 Å². The average Bonchev–Trinajstić information content (AvgIpc) is 2.45. The first kappa shape index (κ1) is 19.3. The first-order valence-corrected chi connectivity index (χ1v) is 8.60. The lowest BCUT2D eigenvalue weighted by atomic mass is 9.84. The van der Waals surface area contributed by atoms with E-state index >= 15 is 0 Å². The lowest BCUT2D eigenvalue weighted by Gasteiger charge is -2.29. The molecule has 0 radical (unpaired) electrons. The van der Waals surface area contributed by atoms with Gasteiger partial charge in [-0.15, -0.1) is 12.4 Å². The predicted molar refractivity (Wildman–Crippen MR) is 83.3 cm³/mol. The van der Waals surface area contributed by atoms with E-state index in [0.29, 0.717) is 0 Å². The van der Waals surface area contributed by atoms with Gasteiger partial charge in [-0.1, -0.05) is 25.3 Å². The van der Waals surface area contributed by atoms with E-state index in [1.54, 1.807) is 0 Å². The smallest absolute Gasteiger partial charge is 0.246 e. The van der Waals surface area contributed by atoms with Crippen molar-refractivity contribution in [3.63, 3.8) is 0 Å². The minimum Gasteiger partial charge on any atom is -0.329 e. The predicted octanol–water partition coefficient (Wildman–Crippen LogP) is 2.57. The quantitative estimate of drug-likeness (QED) is 0.853. The van der Waals surface area contributed by atoms with Crippen LogP contribution in [0.25, 0.3) is 0 Å². The fourth-order valence-corrected chi connectivity index (χ4v) is 4.33. The van der Waals surface area contributed by atoms with E-state index in [9.17, 15) is 17.2 Å². The molecule has 1 aromatic rings. The number of sulfonamides is 1. The third kappa shape index (κ3) is 4.38. The van der Waals surface area contributed by atoms with Gasteiger partial charge in [-0.2, -0.15) is 0 Å². The highest BCUT2D eigenvalue weighted by molar-refractivity contribution is 7.89. The van der Waals surface area contributed by atoms with Crippen LogP contribution in [-0.2, 0) is 10.0 Å². The lowest BCUT2D eigenvalue weighted by Crippen LogP contribution is -2.46. The van der Waals surface area contributed by atoms with E-state index in [4.69, 9.17) is 5.73 Å². The van der Waals surface area contributed by atoms with E-state index in [0.717, 1.165) is 50.3 Å². The number of benzene rings is 1. The third-order valence-corrected chi connectivity index (χ3v) is 5.51. The Hall–Kier alpha value is -0.760. The summed E-state index contributed by atoms with van der Waals surface area (Å²) in [6, 6.07) is 2.49. The summed E-state index contributed by atoms with van der Waals surface area (Å²) >= 11 is 0. The Morgan fingerprint density at radius 3 is 2.23 bits per heavy atom. The SMILES string of the molecule is Cl.NCC(NS(=O)(=O)c1c(F)cccc1F)C1CCCCC1. The van der Waals surface area contributed by atoms with Crippen molar-refractivity contribution < 1.29 is 17.2 Å². The van der Waals surface area contributed by atoms with Gasteiger partial charge in [-0.25, -0.2) is 21.9 Å². The molecule has 1 unspecified atom stereocenters. The van der Waals surface area contributed by atoms with Crippen LogP contribution in [0.1, 0.15) is 32.1 Å². The molecule has 0 aliphatic heterocycles.